The van der Waals surface area contributed by atoms with Crippen molar-refractivity contribution in [2.24, 2.45) is 0 Å². The third-order valence-electron chi connectivity index (χ3n) is 2.50. The molecule has 0 aliphatic rings. The number of pyridine rings is 1. The molecule has 4 nitrogen and oxygen atoms in total. The molecule has 0 aliphatic heterocycles. The number of nitrogens with zero attached hydrogens (tertiary/aromatic N) is 2. The fourth-order valence-corrected chi connectivity index (χ4v) is 1.53. The summed E-state index contributed by atoms with van der Waals surface area (Å²) in [5, 5.41) is 2.81. The third-order valence-corrected chi connectivity index (χ3v) is 2.50. The standard InChI is InChI=1S/C12H16F3N3O/c1-8(2)18(7-12(13,14)15)11(19)10-6-9(16-3)4-5-17-10/h4-6,8H,7H2,1-3H3,(H,16,17). The Hall–Kier alpha value is -1.79. The highest BCUT2D eigenvalue weighted by molar-refractivity contribution is 5.93. The van der Waals surface area contributed by atoms with Crippen LogP contribution in [0.3, 0.4) is 0 Å². The highest BCUT2D eigenvalue weighted by Crippen LogP contribution is 2.20. The molecule has 0 unspecified atom stereocenters. The second kappa shape index (κ2) is 5.90. The molecular weight excluding hydrogens is 259 g/mol. The summed E-state index contributed by atoms with van der Waals surface area (Å²) in [6, 6.07) is 2.49. The van der Waals surface area contributed by atoms with Crippen LogP contribution in [0.5, 0.6) is 0 Å². The molecule has 0 atom stereocenters. The van der Waals surface area contributed by atoms with Crippen LogP contribution in [0.4, 0.5) is 18.9 Å². The van der Waals surface area contributed by atoms with Crippen molar-refractivity contribution in [1.29, 1.82) is 0 Å². The summed E-state index contributed by atoms with van der Waals surface area (Å²) in [6.45, 7) is 1.78. The van der Waals surface area contributed by atoms with Crippen molar-refractivity contribution in [3.05, 3.63) is 24.0 Å². The first-order chi connectivity index (χ1) is 8.74. The lowest BCUT2D eigenvalue weighted by molar-refractivity contribution is -0.143. The van der Waals surface area contributed by atoms with E-state index in [4.69, 9.17) is 0 Å². The average molecular weight is 275 g/mol. The number of halogens is 3. The smallest absolute Gasteiger partial charge is 0.388 e. The number of anilines is 1. The van der Waals surface area contributed by atoms with Gasteiger partial charge in [0.1, 0.15) is 12.2 Å². The normalized spacial score (nSPS) is 11.5. The molecule has 19 heavy (non-hydrogen) atoms. The minimum absolute atomic E-state index is 0.00944. The van der Waals surface area contributed by atoms with E-state index in [9.17, 15) is 18.0 Å². The summed E-state index contributed by atoms with van der Waals surface area (Å²) < 4.78 is 37.4. The van der Waals surface area contributed by atoms with E-state index in [2.05, 4.69) is 10.3 Å². The van der Waals surface area contributed by atoms with Gasteiger partial charge in [-0.25, -0.2) is 0 Å². The fraction of sp³-hybridized carbons (Fsp3) is 0.500. The molecule has 0 fully saturated rings. The summed E-state index contributed by atoms with van der Waals surface area (Å²) in [4.78, 5) is 16.6. The van der Waals surface area contributed by atoms with Crippen molar-refractivity contribution in [2.75, 3.05) is 18.9 Å². The number of aromatic nitrogens is 1. The van der Waals surface area contributed by atoms with Gasteiger partial charge in [-0.2, -0.15) is 13.2 Å². The molecule has 1 rings (SSSR count). The van der Waals surface area contributed by atoms with Crippen LogP contribution < -0.4 is 5.32 Å². The first-order valence-electron chi connectivity index (χ1n) is 5.76. The zero-order valence-electron chi connectivity index (χ0n) is 11.0. The molecule has 0 radical (unpaired) electrons. The Balaban J connectivity index is 2.99. The monoisotopic (exact) mass is 275 g/mol. The maximum Gasteiger partial charge on any atom is 0.406 e. The minimum Gasteiger partial charge on any atom is -0.388 e. The molecule has 0 saturated carbocycles. The summed E-state index contributed by atoms with van der Waals surface area (Å²) in [7, 11) is 1.65. The SMILES string of the molecule is CNc1ccnc(C(=O)N(CC(F)(F)F)C(C)C)c1. The van der Waals surface area contributed by atoms with Crippen LogP contribution in [-0.4, -0.2) is 41.6 Å². The Morgan fingerprint density at radius 1 is 1.47 bits per heavy atom. The number of nitrogens with one attached hydrogen (secondary N) is 1. The molecule has 106 valence electrons. The Bertz CT molecular complexity index is 446. The van der Waals surface area contributed by atoms with Crippen LogP contribution in [-0.2, 0) is 0 Å². The zero-order valence-corrected chi connectivity index (χ0v) is 11.0. The topological polar surface area (TPSA) is 45.2 Å². The summed E-state index contributed by atoms with van der Waals surface area (Å²) in [5.74, 6) is -0.732. The second-order valence-electron chi connectivity index (χ2n) is 4.32. The average Bonchev–Trinajstić information content (AvgIpc) is 2.34. The van der Waals surface area contributed by atoms with Crippen molar-refractivity contribution in [2.45, 2.75) is 26.1 Å². The van der Waals surface area contributed by atoms with Crippen LogP contribution in [0.15, 0.2) is 18.3 Å². The maximum atomic E-state index is 12.5. The van der Waals surface area contributed by atoms with Crippen LogP contribution in [0, 0.1) is 0 Å². The van der Waals surface area contributed by atoms with E-state index in [1.54, 1.807) is 13.1 Å². The molecule has 0 spiro atoms. The molecule has 1 amide bonds. The predicted molar refractivity (Wildman–Crippen MR) is 66.0 cm³/mol. The molecule has 0 bridgehead atoms. The number of amides is 1. The van der Waals surface area contributed by atoms with Crippen molar-refractivity contribution in [3.63, 3.8) is 0 Å². The van der Waals surface area contributed by atoms with Gasteiger partial charge in [-0.3, -0.25) is 9.78 Å². The lowest BCUT2D eigenvalue weighted by atomic mass is 10.2. The van der Waals surface area contributed by atoms with Gasteiger partial charge in [0.25, 0.3) is 5.91 Å². The maximum absolute atomic E-state index is 12.5. The molecule has 0 saturated heterocycles. The Morgan fingerprint density at radius 3 is 2.58 bits per heavy atom. The first kappa shape index (κ1) is 15.3. The van der Waals surface area contributed by atoms with E-state index < -0.39 is 24.7 Å². The number of rotatable bonds is 4. The zero-order chi connectivity index (χ0) is 14.6. The molecule has 1 N–H and O–H groups in total. The molecular formula is C12H16F3N3O. The van der Waals surface area contributed by atoms with Gasteiger partial charge in [0.2, 0.25) is 0 Å². The molecule has 0 aromatic carbocycles. The number of hydrogen-bond donors (Lipinski definition) is 1. The van der Waals surface area contributed by atoms with Gasteiger partial charge in [0, 0.05) is 25.0 Å². The number of hydrogen-bond acceptors (Lipinski definition) is 3. The van der Waals surface area contributed by atoms with Gasteiger partial charge in [0.15, 0.2) is 0 Å². The van der Waals surface area contributed by atoms with E-state index in [0.717, 1.165) is 4.90 Å². The number of carbonyl (C=O) groups is 1. The van der Waals surface area contributed by atoms with Crippen LogP contribution >= 0.6 is 0 Å². The van der Waals surface area contributed by atoms with E-state index in [0.29, 0.717) is 5.69 Å². The minimum atomic E-state index is -4.43. The molecule has 7 heteroatoms. The van der Waals surface area contributed by atoms with E-state index >= 15 is 0 Å². The van der Waals surface area contributed by atoms with Crippen molar-refractivity contribution < 1.29 is 18.0 Å². The third kappa shape index (κ3) is 4.42. The lowest BCUT2D eigenvalue weighted by Gasteiger charge is -2.27. The van der Waals surface area contributed by atoms with Gasteiger partial charge in [-0.1, -0.05) is 0 Å². The molecule has 1 aromatic heterocycles. The Morgan fingerprint density at radius 2 is 2.11 bits per heavy atom. The van der Waals surface area contributed by atoms with Crippen LogP contribution in [0.1, 0.15) is 24.3 Å². The lowest BCUT2D eigenvalue weighted by Crippen LogP contribution is -2.43. The van der Waals surface area contributed by atoms with Crippen LogP contribution in [0.2, 0.25) is 0 Å². The summed E-state index contributed by atoms with van der Waals surface area (Å²) >= 11 is 0. The fourth-order valence-electron chi connectivity index (χ4n) is 1.53. The molecule has 1 aromatic rings. The van der Waals surface area contributed by atoms with Gasteiger partial charge in [0.05, 0.1) is 0 Å². The summed E-state index contributed by atoms with van der Waals surface area (Å²) in [6.07, 6.45) is -3.05. The number of carbonyl (C=O) groups excluding carboxylic acids is 1. The Kier molecular flexibility index (Phi) is 4.74. The van der Waals surface area contributed by atoms with Crippen molar-refractivity contribution in [3.8, 4) is 0 Å². The largest absolute Gasteiger partial charge is 0.406 e. The first-order valence-corrected chi connectivity index (χ1v) is 5.76. The Labute approximate surface area is 109 Å². The predicted octanol–water partition coefficient (Wildman–Crippen LogP) is 2.54. The summed E-state index contributed by atoms with van der Waals surface area (Å²) in [5.41, 5.74) is 0.610. The van der Waals surface area contributed by atoms with E-state index in [1.807, 2.05) is 0 Å². The van der Waals surface area contributed by atoms with Gasteiger partial charge in [-0.15, -0.1) is 0 Å². The van der Waals surface area contributed by atoms with Crippen molar-refractivity contribution >= 4 is 11.6 Å². The highest BCUT2D eigenvalue weighted by Gasteiger charge is 2.34. The van der Waals surface area contributed by atoms with Gasteiger partial charge < -0.3 is 10.2 Å². The second-order valence-corrected chi connectivity index (χ2v) is 4.32. The highest BCUT2D eigenvalue weighted by atomic mass is 19.4. The van der Waals surface area contributed by atoms with Gasteiger partial charge >= 0.3 is 6.18 Å². The van der Waals surface area contributed by atoms with Gasteiger partial charge in [-0.05, 0) is 26.0 Å². The molecule has 0 aliphatic carbocycles. The van der Waals surface area contributed by atoms with E-state index in [1.165, 1.54) is 26.1 Å². The van der Waals surface area contributed by atoms with Crippen LogP contribution in [0.25, 0.3) is 0 Å². The molecule has 1 heterocycles. The quantitative estimate of drug-likeness (QED) is 0.918. The number of alkyl halides is 3. The van der Waals surface area contributed by atoms with E-state index in [-0.39, 0.29) is 5.69 Å². The van der Waals surface area contributed by atoms with Crippen molar-refractivity contribution in [1.82, 2.24) is 9.88 Å².